The van der Waals surface area contributed by atoms with Gasteiger partial charge in [-0.2, -0.15) is 0 Å². The van der Waals surface area contributed by atoms with Crippen LogP contribution in [0.3, 0.4) is 0 Å². The molecule has 8 heteroatoms. The molecule has 2 rings (SSSR count). The quantitative estimate of drug-likeness (QED) is 0.539. The van der Waals surface area contributed by atoms with Gasteiger partial charge in [0, 0.05) is 26.8 Å². The number of carbonyl (C=O) groups is 1. The fourth-order valence-electron chi connectivity index (χ4n) is 2.66. The van der Waals surface area contributed by atoms with Crippen molar-refractivity contribution in [2.24, 2.45) is 0 Å². The molecule has 1 amide bonds. The SMILES string of the molecule is C[C@@H](Sc1ccc(S(=O)(=O)N(C)C)cn1)C(=O)NCCC1=CCCCC1. The van der Waals surface area contributed by atoms with E-state index in [-0.39, 0.29) is 16.1 Å². The zero-order valence-electron chi connectivity index (χ0n) is 15.6. The second-order valence-corrected chi connectivity index (χ2v) is 10.0. The second kappa shape index (κ2) is 9.53. The lowest BCUT2D eigenvalue weighted by molar-refractivity contribution is -0.120. The molecule has 6 nitrogen and oxygen atoms in total. The molecule has 1 aliphatic rings. The van der Waals surface area contributed by atoms with E-state index in [1.165, 1.54) is 56.5 Å². The maximum Gasteiger partial charge on any atom is 0.244 e. The molecule has 0 spiro atoms. The average Bonchev–Trinajstić information content (AvgIpc) is 2.62. The van der Waals surface area contributed by atoms with Crippen molar-refractivity contribution in [2.45, 2.75) is 54.2 Å². The fourth-order valence-corrected chi connectivity index (χ4v) is 4.32. The number of allylic oxidation sites excluding steroid dienone is 1. The van der Waals surface area contributed by atoms with Crippen LogP contribution in [-0.4, -0.2) is 49.5 Å². The monoisotopic (exact) mass is 397 g/mol. The summed E-state index contributed by atoms with van der Waals surface area (Å²) in [7, 11) is -0.524. The summed E-state index contributed by atoms with van der Waals surface area (Å²) in [5.74, 6) is -0.0294. The van der Waals surface area contributed by atoms with Crippen LogP contribution < -0.4 is 5.32 Å². The van der Waals surface area contributed by atoms with Crippen molar-refractivity contribution in [1.82, 2.24) is 14.6 Å². The number of rotatable bonds is 8. The predicted molar refractivity (Wildman–Crippen MR) is 105 cm³/mol. The van der Waals surface area contributed by atoms with E-state index in [1.807, 2.05) is 6.92 Å². The van der Waals surface area contributed by atoms with Crippen LogP contribution in [0.25, 0.3) is 0 Å². The summed E-state index contributed by atoms with van der Waals surface area (Å²) in [5.41, 5.74) is 1.44. The Balaban J connectivity index is 1.83. The average molecular weight is 398 g/mol. The van der Waals surface area contributed by atoms with E-state index in [2.05, 4.69) is 16.4 Å². The van der Waals surface area contributed by atoms with Gasteiger partial charge < -0.3 is 5.32 Å². The number of nitrogens with one attached hydrogen (secondary N) is 1. The highest BCUT2D eigenvalue weighted by molar-refractivity contribution is 8.00. The molecule has 144 valence electrons. The minimum Gasteiger partial charge on any atom is -0.355 e. The summed E-state index contributed by atoms with van der Waals surface area (Å²) in [6, 6.07) is 3.16. The molecule has 1 heterocycles. The summed E-state index contributed by atoms with van der Waals surface area (Å²) >= 11 is 1.32. The molecule has 1 aromatic rings. The van der Waals surface area contributed by atoms with Crippen molar-refractivity contribution in [3.63, 3.8) is 0 Å². The summed E-state index contributed by atoms with van der Waals surface area (Å²) in [6.45, 7) is 2.48. The van der Waals surface area contributed by atoms with Crippen LogP contribution in [0, 0.1) is 0 Å². The van der Waals surface area contributed by atoms with E-state index in [0.717, 1.165) is 23.6 Å². The number of nitrogens with zero attached hydrogens (tertiary/aromatic N) is 2. The van der Waals surface area contributed by atoms with Crippen molar-refractivity contribution >= 4 is 27.7 Å². The summed E-state index contributed by atoms with van der Waals surface area (Å²) in [4.78, 5) is 16.5. The zero-order chi connectivity index (χ0) is 19.2. The van der Waals surface area contributed by atoms with E-state index in [4.69, 9.17) is 0 Å². The maximum atomic E-state index is 12.2. The molecule has 0 unspecified atom stereocenters. The molecule has 1 aliphatic carbocycles. The van der Waals surface area contributed by atoms with Crippen LogP contribution in [0.15, 0.2) is 39.9 Å². The minimum absolute atomic E-state index is 0.0294. The number of hydrogen-bond acceptors (Lipinski definition) is 5. The molecule has 0 fully saturated rings. The molecular weight excluding hydrogens is 370 g/mol. The van der Waals surface area contributed by atoms with Crippen molar-refractivity contribution in [2.75, 3.05) is 20.6 Å². The number of hydrogen-bond donors (Lipinski definition) is 1. The van der Waals surface area contributed by atoms with Gasteiger partial charge in [-0.05, 0) is 51.2 Å². The highest BCUT2D eigenvalue weighted by atomic mass is 32.2. The summed E-state index contributed by atoms with van der Waals surface area (Å²) in [6.07, 6.45) is 9.35. The van der Waals surface area contributed by atoms with Gasteiger partial charge in [0.15, 0.2) is 0 Å². The molecular formula is C18H27N3O3S2. The van der Waals surface area contributed by atoms with Gasteiger partial charge in [0.05, 0.1) is 10.3 Å². The number of aromatic nitrogens is 1. The number of pyridine rings is 1. The molecule has 0 aliphatic heterocycles. The van der Waals surface area contributed by atoms with Crippen LogP contribution in [0.1, 0.15) is 39.0 Å². The summed E-state index contributed by atoms with van der Waals surface area (Å²) in [5, 5.41) is 3.30. The minimum atomic E-state index is -3.48. The standard InChI is InChI=1S/C18H27N3O3S2/c1-14(18(22)19-12-11-15-7-5-4-6-8-15)25-17-10-9-16(13-20-17)26(23,24)21(2)3/h7,9-10,13-14H,4-6,8,11-12H2,1-3H3,(H,19,22)/t14-/m1/s1. The number of thioether (sulfide) groups is 1. The van der Waals surface area contributed by atoms with Crippen molar-refractivity contribution in [3.8, 4) is 0 Å². The predicted octanol–water partition coefficient (Wildman–Crippen LogP) is 2.82. The highest BCUT2D eigenvalue weighted by Gasteiger charge is 2.19. The third-order valence-electron chi connectivity index (χ3n) is 4.28. The van der Waals surface area contributed by atoms with E-state index >= 15 is 0 Å². The van der Waals surface area contributed by atoms with Crippen molar-refractivity contribution < 1.29 is 13.2 Å². The molecule has 0 radical (unpaired) electrons. The Bertz CT molecular complexity index is 743. The van der Waals surface area contributed by atoms with Gasteiger partial charge in [0.1, 0.15) is 4.90 Å². The van der Waals surface area contributed by atoms with E-state index in [1.54, 1.807) is 6.07 Å². The molecule has 0 saturated heterocycles. The topological polar surface area (TPSA) is 79.4 Å². The molecule has 1 aromatic heterocycles. The Morgan fingerprint density at radius 3 is 2.69 bits per heavy atom. The first-order valence-corrected chi connectivity index (χ1v) is 11.1. The summed E-state index contributed by atoms with van der Waals surface area (Å²) < 4.78 is 25.2. The largest absolute Gasteiger partial charge is 0.355 e. The second-order valence-electron chi connectivity index (χ2n) is 6.53. The van der Waals surface area contributed by atoms with Gasteiger partial charge in [-0.25, -0.2) is 17.7 Å². The highest BCUT2D eigenvalue weighted by Crippen LogP contribution is 2.23. The van der Waals surface area contributed by atoms with Crippen LogP contribution in [0.4, 0.5) is 0 Å². The van der Waals surface area contributed by atoms with Gasteiger partial charge in [0.2, 0.25) is 15.9 Å². The number of sulfonamides is 1. The molecule has 0 saturated carbocycles. The third kappa shape index (κ3) is 5.82. The van der Waals surface area contributed by atoms with Crippen molar-refractivity contribution in [1.29, 1.82) is 0 Å². The molecule has 0 aromatic carbocycles. The first-order chi connectivity index (χ1) is 12.3. The van der Waals surface area contributed by atoms with Gasteiger partial charge in [-0.3, -0.25) is 4.79 Å². The van der Waals surface area contributed by atoms with Crippen LogP contribution in [0.5, 0.6) is 0 Å². The van der Waals surface area contributed by atoms with Crippen LogP contribution in [0.2, 0.25) is 0 Å². The Hall–Kier alpha value is -1.38. The van der Waals surface area contributed by atoms with Gasteiger partial charge in [0.25, 0.3) is 0 Å². The molecule has 1 atom stereocenters. The third-order valence-corrected chi connectivity index (χ3v) is 7.13. The van der Waals surface area contributed by atoms with Crippen LogP contribution in [-0.2, 0) is 14.8 Å². The lowest BCUT2D eigenvalue weighted by Gasteiger charge is -2.15. The van der Waals surface area contributed by atoms with Gasteiger partial charge >= 0.3 is 0 Å². The van der Waals surface area contributed by atoms with E-state index < -0.39 is 10.0 Å². The molecule has 1 N–H and O–H groups in total. The first-order valence-electron chi connectivity index (χ1n) is 8.81. The lowest BCUT2D eigenvalue weighted by Crippen LogP contribution is -2.32. The van der Waals surface area contributed by atoms with Gasteiger partial charge in [-0.1, -0.05) is 23.4 Å². The Kier molecular flexibility index (Phi) is 7.67. The Labute approximate surface area is 160 Å². The Morgan fingerprint density at radius 2 is 2.12 bits per heavy atom. The smallest absolute Gasteiger partial charge is 0.244 e. The van der Waals surface area contributed by atoms with Crippen molar-refractivity contribution in [3.05, 3.63) is 30.0 Å². The Morgan fingerprint density at radius 1 is 1.35 bits per heavy atom. The lowest BCUT2D eigenvalue weighted by atomic mass is 9.97. The maximum absolute atomic E-state index is 12.2. The number of carbonyl (C=O) groups excluding carboxylic acids is 1. The first kappa shape index (κ1) is 20.9. The van der Waals surface area contributed by atoms with E-state index in [0.29, 0.717) is 11.6 Å². The van der Waals surface area contributed by atoms with Gasteiger partial charge in [-0.15, -0.1) is 0 Å². The molecule has 0 bridgehead atoms. The fraction of sp³-hybridized carbons (Fsp3) is 0.556. The van der Waals surface area contributed by atoms with Crippen LogP contribution >= 0.6 is 11.8 Å². The molecule has 26 heavy (non-hydrogen) atoms. The van der Waals surface area contributed by atoms with E-state index in [9.17, 15) is 13.2 Å². The normalized spacial score (nSPS) is 16.2. The zero-order valence-corrected chi connectivity index (χ0v) is 17.2. The number of amides is 1.